The first-order valence-corrected chi connectivity index (χ1v) is 6.64. The van der Waals surface area contributed by atoms with Gasteiger partial charge in [-0.1, -0.05) is 25.7 Å². The van der Waals surface area contributed by atoms with Crippen LogP contribution in [0.15, 0.2) is 24.3 Å². The van der Waals surface area contributed by atoms with Gasteiger partial charge in [-0.25, -0.2) is 0 Å². The predicted octanol–water partition coefficient (Wildman–Crippen LogP) is 2.99. The molecule has 1 aliphatic carbocycles. The zero-order valence-electron chi connectivity index (χ0n) is 10.7. The van der Waals surface area contributed by atoms with Crippen LogP contribution in [-0.2, 0) is 0 Å². The van der Waals surface area contributed by atoms with Crippen molar-refractivity contribution in [2.45, 2.75) is 44.1 Å². The van der Waals surface area contributed by atoms with Crippen LogP contribution in [0.25, 0.3) is 0 Å². The van der Waals surface area contributed by atoms with Gasteiger partial charge in [0.2, 0.25) is 0 Å². The van der Waals surface area contributed by atoms with Crippen LogP contribution in [0.4, 0.5) is 0 Å². The molecule has 0 radical (unpaired) electrons. The van der Waals surface area contributed by atoms with Crippen molar-refractivity contribution in [3.05, 3.63) is 29.8 Å². The summed E-state index contributed by atoms with van der Waals surface area (Å²) in [7, 11) is 0. The van der Waals surface area contributed by atoms with Gasteiger partial charge >= 0.3 is 0 Å². The van der Waals surface area contributed by atoms with Gasteiger partial charge in [0.05, 0.1) is 17.2 Å². The van der Waals surface area contributed by atoms with Crippen molar-refractivity contribution >= 4 is 0 Å². The van der Waals surface area contributed by atoms with E-state index >= 15 is 0 Å². The van der Waals surface area contributed by atoms with Gasteiger partial charge in [0.25, 0.3) is 0 Å². The third-order valence-corrected chi connectivity index (χ3v) is 3.61. The molecule has 0 saturated heterocycles. The standard InChI is InChI=1S/C15H20N2O/c16-11-13-5-7-14(8-6-13)18-12-15(17)9-3-1-2-4-10-15/h5-8H,1-4,9-10,12,17H2. The highest BCUT2D eigenvalue weighted by Crippen LogP contribution is 2.26. The first kappa shape index (κ1) is 12.9. The summed E-state index contributed by atoms with van der Waals surface area (Å²) >= 11 is 0. The quantitative estimate of drug-likeness (QED) is 0.831. The molecular weight excluding hydrogens is 224 g/mol. The molecule has 1 aliphatic rings. The summed E-state index contributed by atoms with van der Waals surface area (Å²) in [6.07, 6.45) is 7.07. The van der Waals surface area contributed by atoms with Crippen molar-refractivity contribution in [3.8, 4) is 11.8 Å². The molecule has 0 bridgehead atoms. The molecule has 3 nitrogen and oxygen atoms in total. The molecule has 0 heterocycles. The summed E-state index contributed by atoms with van der Waals surface area (Å²) in [4.78, 5) is 0. The SMILES string of the molecule is N#Cc1ccc(OCC2(N)CCCCCC2)cc1. The molecular formula is C15H20N2O. The lowest BCUT2D eigenvalue weighted by Crippen LogP contribution is -2.45. The summed E-state index contributed by atoms with van der Waals surface area (Å²) in [6, 6.07) is 9.30. The first-order chi connectivity index (χ1) is 8.72. The van der Waals surface area contributed by atoms with E-state index in [9.17, 15) is 0 Å². The van der Waals surface area contributed by atoms with Gasteiger partial charge in [0.1, 0.15) is 12.4 Å². The highest BCUT2D eigenvalue weighted by atomic mass is 16.5. The number of hydrogen-bond acceptors (Lipinski definition) is 3. The van der Waals surface area contributed by atoms with Crippen LogP contribution in [-0.4, -0.2) is 12.1 Å². The second-order valence-electron chi connectivity index (χ2n) is 5.20. The monoisotopic (exact) mass is 244 g/mol. The second-order valence-corrected chi connectivity index (χ2v) is 5.20. The average molecular weight is 244 g/mol. The van der Waals surface area contributed by atoms with Crippen molar-refractivity contribution in [1.82, 2.24) is 0 Å². The van der Waals surface area contributed by atoms with Gasteiger partial charge in [-0.15, -0.1) is 0 Å². The Balaban J connectivity index is 1.91. The van der Waals surface area contributed by atoms with Gasteiger partial charge in [0.15, 0.2) is 0 Å². The minimum Gasteiger partial charge on any atom is -0.492 e. The Hall–Kier alpha value is -1.53. The Bertz CT molecular complexity index is 411. The number of nitriles is 1. The number of benzene rings is 1. The van der Waals surface area contributed by atoms with E-state index in [4.69, 9.17) is 15.7 Å². The van der Waals surface area contributed by atoms with Gasteiger partial charge < -0.3 is 10.5 Å². The molecule has 1 aromatic carbocycles. The van der Waals surface area contributed by atoms with Crippen molar-refractivity contribution in [3.63, 3.8) is 0 Å². The molecule has 2 rings (SSSR count). The minimum atomic E-state index is -0.176. The molecule has 0 aliphatic heterocycles. The Labute approximate surface area is 109 Å². The molecule has 0 aromatic heterocycles. The maximum absolute atomic E-state index is 8.72. The molecule has 3 heteroatoms. The van der Waals surface area contributed by atoms with Crippen LogP contribution >= 0.6 is 0 Å². The Morgan fingerprint density at radius 1 is 1.11 bits per heavy atom. The van der Waals surface area contributed by atoms with Crippen LogP contribution in [0.5, 0.6) is 5.75 Å². The second kappa shape index (κ2) is 5.88. The van der Waals surface area contributed by atoms with Gasteiger partial charge in [-0.3, -0.25) is 0 Å². The van der Waals surface area contributed by atoms with Crippen LogP contribution in [0, 0.1) is 11.3 Å². The zero-order chi connectivity index (χ0) is 12.8. The minimum absolute atomic E-state index is 0.176. The lowest BCUT2D eigenvalue weighted by atomic mass is 9.92. The van der Waals surface area contributed by atoms with E-state index < -0.39 is 0 Å². The summed E-state index contributed by atoms with van der Waals surface area (Å²) in [5, 5.41) is 8.72. The third kappa shape index (κ3) is 3.48. The molecule has 1 aromatic rings. The van der Waals surface area contributed by atoms with Gasteiger partial charge in [-0.05, 0) is 37.1 Å². The number of ether oxygens (including phenoxy) is 1. The van der Waals surface area contributed by atoms with Crippen molar-refractivity contribution in [1.29, 1.82) is 5.26 Å². The molecule has 0 amide bonds. The lowest BCUT2D eigenvalue weighted by molar-refractivity contribution is 0.199. The predicted molar refractivity (Wildman–Crippen MR) is 71.3 cm³/mol. The molecule has 0 spiro atoms. The van der Waals surface area contributed by atoms with Crippen molar-refractivity contribution < 1.29 is 4.74 Å². The number of nitrogens with two attached hydrogens (primary N) is 1. The zero-order valence-corrected chi connectivity index (χ0v) is 10.7. The lowest BCUT2D eigenvalue weighted by Gasteiger charge is -2.27. The van der Waals surface area contributed by atoms with Crippen LogP contribution in [0.2, 0.25) is 0 Å². The largest absolute Gasteiger partial charge is 0.492 e. The van der Waals surface area contributed by atoms with E-state index in [2.05, 4.69) is 6.07 Å². The Kier molecular flexibility index (Phi) is 4.22. The van der Waals surface area contributed by atoms with E-state index in [1.807, 2.05) is 12.1 Å². The summed E-state index contributed by atoms with van der Waals surface area (Å²) in [6.45, 7) is 0.568. The first-order valence-electron chi connectivity index (χ1n) is 6.64. The molecule has 18 heavy (non-hydrogen) atoms. The maximum atomic E-state index is 8.72. The highest BCUT2D eigenvalue weighted by Gasteiger charge is 2.26. The van der Waals surface area contributed by atoms with Crippen LogP contribution in [0.1, 0.15) is 44.1 Å². The topological polar surface area (TPSA) is 59.0 Å². The van der Waals surface area contributed by atoms with Crippen molar-refractivity contribution in [2.24, 2.45) is 5.73 Å². The van der Waals surface area contributed by atoms with E-state index in [1.165, 1.54) is 25.7 Å². The van der Waals surface area contributed by atoms with E-state index in [1.54, 1.807) is 12.1 Å². The summed E-state index contributed by atoms with van der Waals surface area (Å²) < 4.78 is 5.77. The smallest absolute Gasteiger partial charge is 0.119 e. The van der Waals surface area contributed by atoms with Crippen LogP contribution in [0.3, 0.4) is 0 Å². The van der Waals surface area contributed by atoms with E-state index in [0.717, 1.165) is 18.6 Å². The fraction of sp³-hybridized carbons (Fsp3) is 0.533. The van der Waals surface area contributed by atoms with E-state index in [-0.39, 0.29) is 5.54 Å². The fourth-order valence-corrected chi connectivity index (χ4v) is 2.43. The van der Waals surface area contributed by atoms with E-state index in [0.29, 0.717) is 12.2 Å². The molecule has 0 unspecified atom stereocenters. The maximum Gasteiger partial charge on any atom is 0.119 e. The molecule has 96 valence electrons. The Morgan fingerprint density at radius 2 is 1.72 bits per heavy atom. The normalized spacial score (nSPS) is 18.7. The summed E-state index contributed by atoms with van der Waals surface area (Å²) in [5.41, 5.74) is 6.86. The summed E-state index contributed by atoms with van der Waals surface area (Å²) in [5.74, 6) is 0.795. The van der Waals surface area contributed by atoms with Crippen molar-refractivity contribution in [2.75, 3.05) is 6.61 Å². The van der Waals surface area contributed by atoms with Gasteiger partial charge in [0, 0.05) is 0 Å². The molecule has 1 saturated carbocycles. The van der Waals surface area contributed by atoms with Gasteiger partial charge in [-0.2, -0.15) is 5.26 Å². The molecule has 0 atom stereocenters. The average Bonchev–Trinajstić information content (AvgIpc) is 2.62. The molecule has 1 fully saturated rings. The molecule has 2 N–H and O–H groups in total. The number of nitrogens with zero attached hydrogens (tertiary/aromatic N) is 1. The highest BCUT2D eigenvalue weighted by molar-refractivity contribution is 5.34. The van der Waals surface area contributed by atoms with Crippen LogP contribution < -0.4 is 10.5 Å². The number of rotatable bonds is 3. The number of hydrogen-bond donors (Lipinski definition) is 1. The Morgan fingerprint density at radius 3 is 2.28 bits per heavy atom. The third-order valence-electron chi connectivity index (χ3n) is 3.61. The fourth-order valence-electron chi connectivity index (χ4n) is 2.43.